The SMILES string of the molecule is Cc1c(C(=O)N(C)C[C@H]2CCCN(C)C2)cnn1-c1ncc2c(n1)-c1ccccc1CC2. The number of amides is 1. The number of aryl methyl sites for hydroxylation is 2. The maximum atomic E-state index is 13.2. The van der Waals surface area contributed by atoms with Crippen molar-refractivity contribution >= 4 is 5.91 Å². The molecule has 3 aromatic rings. The van der Waals surface area contributed by atoms with E-state index < -0.39 is 0 Å². The lowest BCUT2D eigenvalue weighted by molar-refractivity contribution is 0.0740. The summed E-state index contributed by atoms with van der Waals surface area (Å²) in [6.45, 7) is 4.87. The number of aromatic nitrogens is 4. The summed E-state index contributed by atoms with van der Waals surface area (Å²) in [5.41, 5.74) is 5.98. The number of nitrogens with zero attached hydrogens (tertiary/aromatic N) is 6. The average Bonchev–Trinajstić information content (AvgIpc) is 3.19. The van der Waals surface area contributed by atoms with Crippen LogP contribution in [0.1, 0.15) is 40.0 Å². The van der Waals surface area contributed by atoms with Gasteiger partial charge in [-0.25, -0.2) is 14.6 Å². The van der Waals surface area contributed by atoms with Crippen molar-refractivity contribution in [2.75, 3.05) is 33.7 Å². The van der Waals surface area contributed by atoms with Crippen molar-refractivity contribution in [2.24, 2.45) is 5.92 Å². The van der Waals surface area contributed by atoms with Crippen LogP contribution in [0.5, 0.6) is 0 Å². The van der Waals surface area contributed by atoms with Crippen molar-refractivity contribution in [2.45, 2.75) is 32.6 Å². The Morgan fingerprint density at radius 3 is 2.84 bits per heavy atom. The van der Waals surface area contributed by atoms with Crippen molar-refractivity contribution < 1.29 is 4.79 Å². The number of hydrogen-bond acceptors (Lipinski definition) is 5. The minimum atomic E-state index is 0.00489. The molecule has 1 fully saturated rings. The monoisotopic (exact) mass is 430 g/mol. The molecule has 7 heteroatoms. The third kappa shape index (κ3) is 3.81. The minimum Gasteiger partial charge on any atom is -0.341 e. The molecule has 1 atom stereocenters. The average molecular weight is 431 g/mol. The van der Waals surface area contributed by atoms with E-state index >= 15 is 0 Å². The first-order valence-electron chi connectivity index (χ1n) is 11.4. The first-order valence-corrected chi connectivity index (χ1v) is 11.4. The topological polar surface area (TPSA) is 67.2 Å². The molecule has 0 bridgehead atoms. The summed E-state index contributed by atoms with van der Waals surface area (Å²) in [5, 5.41) is 4.49. The molecule has 0 saturated carbocycles. The molecule has 2 aromatic heterocycles. The maximum absolute atomic E-state index is 13.2. The van der Waals surface area contributed by atoms with Gasteiger partial charge in [0.1, 0.15) is 0 Å². The van der Waals surface area contributed by atoms with Gasteiger partial charge in [-0.3, -0.25) is 4.79 Å². The number of piperidine rings is 1. The second kappa shape index (κ2) is 8.47. The van der Waals surface area contributed by atoms with Crippen molar-refractivity contribution in [3.05, 3.63) is 59.0 Å². The summed E-state index contributed by atoms with van der Waals surface area (Å²) < 4.78 is 1.69. The highest BCUT2D eigenvalue weighted by Gasteiger charge is 2.25. The zero-order valence-corrected chi connectivity index (χ0v) is 19.1. The lowest BCUT2D eigenvalue weighted by atomic mass is 9.90. The van der Waals surface area contributed by atoms with Crippen LogP contribution in [-0.2, 0) is 12.8 Å². The van der Waals surface area contributed by atoms with Crippen LogP contribution in [0, 0.1) is 12.8 Å². The Morgan fingerprint density at radius 1 is 1.19 bits per heavy atom. The van der Waals surface area contributed by atoms with E-state index in [1.165, 1.54) is 18.4 Å². The molecule has 1 saturated heterocycles. The van der Waals surface area contributed by atoms with Crippen LogP contribution in [0.25, 0.3) is 17.2 Å². The molecule has 1 amide bonds. The highest BCUT2D eigenvalue weighted by Crippen LogP contribution is 2.32. The smallest absolute Gasteiger partial charge is 0.257 e. The van der Waals surface area contributed by atoms with Gasteiger partial charge >= 0.3 is 0 Å². The highest BCUT2D eigenvalue weighted by molar-refractivity contribution is 5.95. The van der Waals surface area contributed by atoms with Gasteiger partial charge in [0.2, 0.25) is 0 Å². The Labute approximate surface area is 189 Å². The van der Waals surface area contributed by atoms with E-state index in [1.54, 1.807) is 10.9 Å². The highest BCUT2D eigenvalue weighted by atomic mass is 16.2. The fourth-order valence-electron chi connectivity index (χ4n) is 5.07. The molecule has 0 spiro atoms. The largest absolute Gasteiger partial charge is 0.341 e. The molecule has 1 aliphatic carbocycles. The van der Waals surface area contributed by atoms with E-state index in [0.717, 1.165) is 55.0 Å². The van der Waals surface area contributed by atoms with Crippen LogP contribution in [0.2, 0.25) is 0 Å². The summed E-state index contributed by atoms with van der Waals surface area (Å²) >= 11 is 0. The van der Waals surface area contributed by atoms with E-state index in [9.17, 15) is 4.79 Å². The molecule has 7 nitrogen and oxygen atoms in total. The molecule has 3 heterocycles. The van der Waals surface area contributed by atoms with Gasteiger partial charge in [0, 0.05) is 31.9 Å². The van der Waals surface area contributed by atoms with Gasteiger partial charge in [-0.05, 0) is 63.2 Å². The summed E-state index contributed by atoms with van der Waals surface area (Å²) in [6, 6.07) is 8.40. The Morgan fingerprint density at radius 2 is 2.00 bits per heavy atom. The van der Waals surface area contributed by atoms with Crippen LogP contribution in [0.15, 0.2) is 36.7 Å². The summed E-state index contributed by atoms with van der Waals surface area (Å²) in [7, 11) is 4.04. The van der Waals surface area contributed by atoms with Crippen molar-refractivity contribution in [3.63, 3.8) is 0 Å². The normalized spacial score (nSPS) is 18.2. The van der Waals surface area contributed by atoms with Crippen LogP contribution >= 0.6 is 0 Å². The van der Waals surface area contributed by atoms with Gasteiger partial charge in [0.15, 0.2) is 0 Å². The number of carbonyl (C=O) groups is 1. The van der Waals surface area contributed by atoms with Crippen molar-refractivity contribution in [1.82, 2.24) is 29.5 Å². The van der Waals surface area contributed by atoms with Gasteiger partial charge in [0.05, 0.1) is 23.1 Å². The fraction of sp³-hybridized carbons (Fsp3) is 0.440. The molecular weight excluding hydrogens is 400 g/mol. The zero-order chi connectivity index (χ0) is 22.2. The van der Waals surface area contributed by atoms with Gasteiger partial charge < -0.3 is 9.80 Å². The van der Waals surface area contributed by atoms with Gasteiger partial charge in [-0.2, -0.15) is 5.10 Å². The van der Waals surface area contributed by atoms with Crippen LogP contribution in [0.4, 0.5) is 0 Å². The van der Waals surface area contributed by atoms with Gasteiger partial charge in [-0.15, -0.1) is 0 Å². The molecule has 166 valence electrons. The van der Waals surface area contributed by atoms with Gasteiger partial charge in [-0.1, -0.05) is 24.3 Å². The molecule has 0 N–H and O–H groups in total. The first kappa shape index (κ1) is 20.8. The number of hydrogen-bond donors (Lipinski definition) is 0. The molecule has 32 heavy (non-hydrogen) atoms. The second-order valence-corrected chi connectivity index (χ2v) is 9.21. The first-order chi connectivity index (χ1) is 15.5. The molecule has 0 unspecified atom stereocenters. The summed E-state index contributed by atoms with van der Waals surface area (Å²) in [5.74, 6) is 1.03. The Kier molecular flexibility index (Phi) is 5.51. The number of rotatable bonds is 4. The van der Waals surface area contributed by atoms with E-state index in [1.807, 2.05) is 31.1 Å². The zero-order valence-electron chi connectivity index (χ0n) is 19.1. The molecule has 5 rings (SSSR count). The molecular formula is C25H30N6O. The lowest BCUT2D eigenvalue weighted by Crippen LogP contribution is -2.40. The minimum absolute atomic E-state index is 0.00489. The number of fused-ring (bicyclic) bond motifs is 3. The molecule has 2 aliphatic rings. The third-order valence-electron chi connectivity index (χ3n) is 6.82. The quantitative estimate of drug-likeness (QED) is 0.636. The van der Waals surface area contributed by atoms with Crippen molar-refractivity contribution in [3.8, 4) is 17.2 Å². The van der Waals surface area contributed by atoms with Crippen molar-refractivity contribution in [1.29, 1.82) is 0 Å². The molecule has 1 aromatic carbocycles. The number of benzene rings is 1. The Bertz CT molecular complexity index is 1150. The predicted molar refractivity (Wildman–Crippen MR) is 124 cm³/mol. The number of likely N-dealkylation sites (tertiary alicyclic amines) is 1. The number of carbonyl (C=O) groups excluding carboxylic acids is 1. The van der Waals surface area contributed by atoms with Crippen LogP contribution in [0.3, 0.4) is 0 Å². The Hall–Kier alpha value is -3.06. The van der Waals surface area contributed by atoms with E-state index in [4.69, 9.17) is 4.98 Å². The van der Waals surface area contributed by atoms with E-state index in [-0.39, 0.29) is 5.91 Å². The molecule has 0 radical (unpaired) electrons. The Balaban J connectivity index is 1.39. The van der Waals surface area contributed by atoms with Gasteiger partial charge in [0.25, 0.3) is 11.9 Å². The maximum Gasteiger partial charge on any atom is 0.257 e. The fourth-order valence-corrected chi connectivity index (χ4v) is 5.07. The standard InChI is InChI=1S/C25H30N6O/c1-17-22(24(32)30(3)16-18-7-6-12-29(2)15-18)14-27-31(17)25-26-13-20-11-10-19-8-4-5-9-21(19)23(20)28-25/h4-5,8-9,13-14,18H,6-7,10-12,15-16H2,1-3H3/t18-/m0/s1. The second-order valence-electron chi connectivity index (χ2n) is 9.21. The third-order valence-corrected chi connectivity index (χ3v) is 6.82. The van der Waals surface area contributed by atoms with Crippen LogP contribution < -0.4 is 0 Å². The van der Waals surface area contributed by atoms with E-state index in [2.05, 4.69) is 40.2 Å². The molecule has 1 aliphatic heterocycles. The summed E-state index contributed by atoms with van der Waals surface area (Å²) in [4.78, 5) is 26.8. The predicted octanol–water partition coefficient (Wildman–Crippen LogP) is 3.15. The van der Waals surface area contributed by atoms with Crippen LogP contribution in [-0.4, -0.2) is 69.2 Å². The van der Waals surface area contributed by atoms with E-state index in [0.29, 0.717) is 17.4 Å². The summed E-state index contributed by atoms with van der Waals surface area (Å²) in [6.07, 6.45) is 7.87. The lowest BCUT2D eigenvalue weighted by Gasteiger charge is -2.32.